The maximum absolute atomic E-state index is 13.8. The van der Waals surface area contributed by atoms with Crippen LogP contribution in [0.5, 0.6) is 5.75 Å². The van der Waals surface area contributed by atoms with Crippen molar-refractivity contribution in [3.63, 3.8) is 0 Å². The molecule has 1 aromatic rings. The van der Waals surface area contributed by atoms with Gasteiger partial charge in [0, 0.05) is 6.07 Å². The fraction of sp³-hybridized carbons (Fsp3) is 0.724. The van der Waals surface area contributed by atoms with Crippen LogP contribution in [-0.2, 0) is 4.79 Å². The number of rotatable bonds is 6. The van der Waals surface area contributed by atoms with Crippen molar-refractivity contribution in [3.8, 4) is 11.8 Å². The molecule has 0 heterocycles. The summed E-state index contributed by atoms with van der Waals surface area (Å²) in [5.41, 5.74) is -0.0331. The number of benzene rings is 1. The van der Waals surface area contributed by atoms with Gasteiger partial charge in [0.05, 0.1) is 11.5 Å². The molecule has 3 aliphatic rings. The second-order valence-corrected chi connectivity index (χ2v) is 11.0. The van der Waals surface area contributed by atoms with Crippen molar-refractivity contribution in [3.05, 3.63) is 29.6 Å². The van der Waals surface area contributed by atoms with Crippen LogP contribution in [0.15, 0.2) is 18.2 Å². The number of hydrogen-bond donors (Lipinski definition) is 0. The van der Waals surface area contributed by atoms with E-state index < -0.39 is 5.82 Å². The molecule has 1 aromatic carbocycles. The Labute approximate surface area is 199 Å². The van der Waals surface area contributed by atoms with E-state index in [0.717, 1.165) is 61.3 Å². The predicted molar refractivity (Wildman–Crippen MR) is 128 cm³/mol. The van der Waals surface area contributed by atoms with Crippen molar-refractivity contribution in [2.45, 2.75) is 96.8 Å². The molecule has 4 heteroatoms. The minimum Gasteiger partial charge on any atom is -0.426 e. The Morgan fingerprint density at radius 1 is 0.909 bits per heavy atom. The summed E-state index contributed by atoms with van der Waals surface area (Å²) < 4.78 is 19.2. The summed E-state index contributed by atoms with van der Waals surface area (Å²) in [5.74, 6) is 3.75. The lowest BCUT2D eigenvalue weighted by molar-refractivity contribution is -0.140. The Bertz CT molecular complexity index is 823. The zero-order valence-electron chi connectivity index (χ0n) is 20.2. The SMILES string of the molecule is CCC[C@H]1CC[C@H]([C@H]2CC[C@H]([C@H]3CC[C@H](C(=O)Oc4ccc(C#N)c(F)c4)CC3)CC2)CC1. The molecule has 0 aliphatic heterocycles. The molecule has 4 rings (SSSR count). The van der Waals surface area contributed by atoms with Crippen LogP contribution in [-0.4, -0.2) is 5.97 Å². The number of nitriles is 1. The topological polar surface area (TPSA) is 50.1 Å². The van der Waals surface area contributed by atoms with E-state index in [2.05, 4.69) is 6.92 Å². The highest BCUT2D eigenvalue weighted by Crippen LogP contribution is 2.46. The smallest absolute Gasteiger partial charge is 0.314 e. The number of halogens is 1. The van der Waals surface area contributed by atoms with E-state index in [1.807, 2.05) is 0 Å². The highest BCUT2D eigenvalue weighted by molar-refractivity contribution is 5.75. The van der Waals surface area contributed by atoms with Gasteiger partial charge in [-0.1, -0.05) is 32.6 Å². The molecule has 0 unspecified atom stereocenters. The molecule has 3 fully saturated rings. The number of hydrogen-bond acceptors (Lipinski definition) is 3. The molecule has 3 nitrogen and oxygen atoms in total. The first kappa shape index (κ1) is 24.2. The Balaban J connectivity index is 1.18. The number of ether oxygens (including phenoxy) is 1. The van der Waals surface area contributed by atoms with Gasteiger partial charge in [-0.2, -0.15) is 5.26 Å². The van der Waals surface area contributed by atoms with Crippen LogP contribution in [0.1, 0.15) is 102 Å². The van der Waals surface area contributed by atoms with Crippen LogP contribution in [0.3, 0.4) is 0 Å². The van der Waals surface area contributed by atoms with E-state index in [1.54, 1.807) is 6.07 Å². The third kappa shape index (κ3) is 6.17. The second kappa shape index (κ2) is 11.5. The number of carbonyl (C=O) groups is 1. The van der Waals surface area contributed by atoms with Crippen LogP contribution in [0.25, 0.3) is 0 Å². The third-order valence-corrected chi connectivity index (χ3v) is 9.12. The standard InChI is InChI=1S/C29H40FNO2/c1-2-3-20-4-6-21(7-5-20)22-8-10-23(11-9-22)24-12-14-25(15-13-24)29(32)33-27-17-16-26(19-31)28(30)18-27/h16-18,20-25H,2-15H2,1H3/t20-,21-,22-,23-,24-,25-. The molecule has 0 aromatic heterocycles. The van der Waals surface area contributed by atoms with Crippen molar-refractivity contribution in [1.29, 1.82) is 5.26 Å². The van der Waals surface area contributed by atoms with Crippen LogP contribution in [0, 0.1) is 52.7 Å². The molecule has 0 bridgehead atoms. The first-order chi connectivity index (χ1) is 16.1. The Hall–Kier alpha value is -1.89. The molecule has 33 heavy (non-hydrogen) atoms. The predicted octanol–water partition coefficient (Wildman–Crippen LogP) is 7.82. The molecule has 3 saturated carbocycles. The zero-order chi connectivity index (χ0) is 23.2. The largest absolute Gasteiger partial charge is 0.426 e. The highest BCUT2D eigenvalue weighted by Gasteiger charge is 2.36. The van der Waals surface area contributed by atoms with Crippen LogP contribution >= 0.6 is 0 Å². The van der Waals surface area contributed by atoms with Gasteiger partial charge in [-0.3, -0.25) is 4.79 Å². The van der Waals surface area contributed by atoms with Crippen molar-refractivity contribution in [1.82, 2.24) is 0 Å². The summed E-state index contributed by atoms with van der Waals surface area (Å²) >= 11 is 0. The molecular weight excluding hydrogens is 413 g/mol. The van der Waals surface area contributed by atoms with E-state index in [-0.39, 0.29) is 23.2 Å². The van der Waals surface area contributed by atoms with E-state index in [9.17, 15) is 9.18 Å². The molecular formula is C29H40FNO2. The first-order valence-corrected chi connectivity index (χ1v) is 13.5. The Kier molecular flexibility index (Phi) is 8.45. The number of carbonyl (C=O) groups excluding carboxylic acids is 1. The van der Waals surface area contributed by atoms with E-state index >= 15 is 0 Å². The zero-order valence-corrected chi connectivity index (χ0v) is 20.2. The van der Waals surface area contributed by atoms with Crippen molar-refractivity contribution < 1.29 is 13.9 Å². The van der Waals surface area contributed by atoms with E-state index in [0.29, 0.717) is 0 Å². The lowest BCUT2D eigenvalue weighted by Gasteiger charge is -2.41. The second-order valence-electron chi connectivity index (χ2n) is 11.0. The summed E-state index contributed by atoms with van der Waals surface area (Å²) in [5, 5.41) is 8.84. The lowest BCUT2D eigenvalue weighted by Crippen LogP contribution is -2.31. The normalized spacial score (nSPS) is 32.6. The van der Waals surface area contributed by atoms with Crippen LogP contribution in [0.4, 0.5) is 4.39 Å². The molecule has 0 saturated heterocycles. The number of nitrogens with zero attached hydrogens (tertiary/aromatic N) is 1. The first-order valence-electron chi connectivity index (χ1n) is 13.5. The maximum atomic E-state index is 13.8. The summed E-state index contributed by atoms with van der Waals surface area (Å²) in [6.45, 7) is 2.32. The molecule has 3 aliphatic carbocycles. The summed E-state index contributed by atoms with van der Waals surface area (Å²) in [6, 6.07) is 5.79. The quantitative estimate of drug-likeness (QED) is 0.326. The van der Waals surface area contributed by atoms with Gasteiger partial charge in [0.2, 0.25) is 0 Å². The van der Waals surface area contributed by atoms with Gasteiger partial charge in [-0.05, 0) is 106 Å². The summed E-state index contributed by atoms with van der Waals surface area (Å²) in [6.07, 6.45) is 18.2. The minimum atomic E-state index is -0.642. The molecule has 0 amide bonds. The molecule has 0 radical (unpaired) electrons. The van der Waals surface area contributed by atoms with Gasteiger partial charge in [0.15, 0.2) is 0 Å². The number of esters is 1. The minimum absolute atomic E-state index is 0.0331. The van der Waals surface area contributed by atoms with Gasteiger partial charge in [0.25, 0.3) is 0 Å². The van der Waals surface area contributed by atoms with E-state index in [1.165, 1.54) is 76.3 Å². The lowest BCUT2D eigenvalue weighted by atomic mass is 9.65. The van der Waals surface area contributed by atoms with Gasteiger partial charge in [0.1, 0.15) is 17.6 Å². The van der Waals surface area contributed by atoms with Crippen molar-refractivity contribution in [2.24, 2.45) is 35.5 Å². The monoisotopic (exact) mass is 453 g/mol. The maximum Gasteiger partial charge on any atom is 0.314 e. The van der Waals surface area contributed by atoms with Crippen molar-refractivity contribution >= 4 is 5.97 Å². The molecule has 0 N–H and O–H groups in total. The average Bonchev–Trinajstić information content (AvgIpc) is 2.85. The van der Waals surface area contributed by atoms with Gasteiger partial charge >= 0.3 is 5.97 Å². The van der Waals surface area contributed by atoms with E-state index in [4.69, 9.17) is 10.00 Å². The average molecular weight is 454 g/mol. The van der Waals surface area contributed by atoms with Gasteiger partial charge in [-0.15, -0.1) is 0 Å². The molecule has 0 spiro atoms. The highest BCUT2D eigenvalue weighted by atomic mass is 19.1. The Morgan fingerprint density at radius 3 is 1.91 bits per heavy atom. The summed E-state index contributed by atoms with van der Waals surface area (Å²) in [4.78, 5) is 12.6. The van der Waals surface area contributed by atoms with Crippen LogP contribution in [0.2, 0.25) is 0 Å². The summed E-state index contributed by atoms with van der Waals surface area (Å²) in [7, 11) is 0. The van der Waals surface area contributed by atoms with Gasteiger partial charge in [-0.25, -0.2) is 4.39 Å². The Morgan fingerprint density at radius 2 is 1.42 bits per heavy atom. The van der Waals surface area contributed by atoms with Gasteiger partial charge < -0.3 is 4.74 Å². The fourth-order valence-corrected chi connectivity index (χ4v) is 7.12. The molecule has 180 valence electrons. The molecule has 0 atom stereocenters. The third-order valence-electron chi connectivity index (χ3n) is 9.12. The fourth-order valence-electron chi connectivity index (χ4n) is 7.12. The van der Waals surface area contributed by atoms with Crippen LogP contribution < -0.4 is 4.74 Å². The van der Waals surface area contributed by atoms with Crippen molar-refractivity contribution in [2.75, 3.05) is 0 Å².